The molecule has 1 aromatic heterocycles. The van der Waals surface area contributed by atoms with Crippen molar-refractivity contribution in [1.29, 1.82) is 0 Å². The Morgan fingerprint density at radius 2 is 1.75 bits per heavy atom. The minimum absolute atomic E-state index is 0.220. The standard InChI is InChI=1S/C17H17FN2/c1-2-20-16-6-4-3-5-14(16)15(11-19)17(20)12-7-9-13(18)10-8-12/h3-10H,2,11,19H2,1H3. The predicted molar refractivity (Wildman–Crippen MR) is 80.9 cm³/mol. The van der Waals surface area contributed by atoms with E-state index in [1.165, 1.54) is 23.0 Å². The van der Waals surface area contributed by atoms with Crippen LogP contribution in [0.15, 0.2) is 48.5 Å². The van der Waals surface area contributed by atoms with Crippen LogP contribution in [-0.4, -0.2) is 4.57 Å². The smallest absolute Gasteiger partial charge is 0.123 e. The monoisotopic (exact) mass is 268 g/mol. The summed E-state index contributed by atoms with van der Waals surface area (Å²) in [5.74, 6) is -0.220. The average molecular weight is 268 g/mol. The molecule has 0 bridgehead atoms. The molecule has 3 heteroatoms. The summed E-state index contributed by atoms with van der Waals surface area (Å²) in [7, 11) is 0. The predicted octanol–water partition coefficient (Wildman–Crippen LogP) is 3.93. The minimum atomic E-state index is -0.220. The maximum absolute atomic E-state index is 13.1. The van der Waals surface area contributed by atoms with Crippen LogP contribution in [0.1, 0.15) is 12.5 Å². The van der Waals surface area contributed by atoms with E-state index in [0.717, 1.165) is 23.4 Å². The highest BCUT2D eigenvalue weighted by molar-refractivity contribution is 5.91. The van der Waals surface area contributed by atoms with Crippen molar-refractivity contribution in [3.05, 3.63) is 59.9 Å². The fraction of sp³-hybridized carbons (Fsp3) is 0.176. The van der Waals surface area contributed by atoms with Gasteiger partial charge in [0.15, 0.2) is 0 Å². The lowest BCUT2D eigenvalue weighted by atomic mass is 10.1. The molecule has 1 heterocycles. The maximum Gasteiger partial charge on any atom is 0.123 e. The maximum atomic E-state index is 13.1. The van der Waals surface area contributed by atoms with Gasteiger partial charge in [0.25, 0.3) is 0 Å². The fourth-order valence-corrected chi connectivity index (χ4v) is 2.85. The van der Waals surface area contributed by atoms with Crippen molar-refractivity contribution in [2.75, 3.05) is 0 Å². The van der Waals surface area contributed by atoms with Crippen LogP contribution >= 0.6 is 0 Å². The van der Waals surface area contributed by atoms with Crippen LogP contribution in [0.2, 0.25) is 0 Å². The molecule has 3 rings (SSSR count). The lowest BCUT2D eigenvalue weighted by molar-refractivity contribution is 0.628. The van der Waals surface area contributed by atoms with Crippen molar-refractivity contribution in [2.45, 2.75) is 20.0 Å². The molecule has 0 atom stereocenters. The molecule has 0 aliphatic rings. The fourth-order valence-electron chi connectivity index (χ4n) is 2.85. The Kier molecular flexibility index (Phi) is 3.28. The van der Waals surface area contributed by atoms with Gasteiger partial charge in [0, 0.05) is 24.0 Å². The zero-order valence-electron chi connectivity index (χ0n) is 11.4. The Hall–Kier alpha value is -2.13. The third kappa shape index (κ3) is 1.91. The number of hydrogen-bond donors (Lipinski definition) is 1. The van der Waals surface area contributed by atoms with Crippen LogP contribution in [0.25, 0.3) is 22.2 Å². The topological polar surface area (TPSA) is 30.9 Å². The largest absolute Gasteiger partial charge is 0.340 e. The van der Waals surface area contributed by atoms with Crippen LogP contribution in [0.4, 0.5) is 4.39 Å². The van der Waals surface area contributed by atoms with E-state index in [4.69, 9.17) is 5.73 Å². The second kappa shape index (κ2) is 5.10. The van der Waals surface area contributed by atoms with Crippen molar-refractivity contribution < 1.29 is 4.39 Å². The summed E-state index contributed by atoms with van der Waals surface area (Å²) < 4.78 is 15.4. The summed E-state index contributed by atoms with van der Waals surface area (Å²) in [5, 5.41) is 1.18. The lowest BCUT2D eigenvalue weighted by Crippen LogP contribution is -2.01. The molecule has 0 spiro atoms. The highest BCUT2D eigenvalue weighted by atomic mass is 19.1. The van der Waals surface area contributed by atoms with E-state index in [0.29, 0.717) is 6.54 Å². The number of halogens is 1. The molecule has 102 valence electrons. The number of benzene rings is 2. The molecule has 3 aromatic rings. The van der Waals surface area contributed by atoms with Gasteiger partial charge in [-0.1, -0.05) is 18.2 Å². The third-order valence-corrected chi connectivity index (χ3v) is 3.71. The number of nitrogens with two attached hydrogens (primary N) is 1. The van der Waals surface area contributed by atoms with Gasteiger partial charge in [-0.2, -0.15) is 0 Å². The van der Waals surface area contributed by atoms with Crippen LogP contribution in [0, 0.1) is 5.82 Å². The van der Waals surface area contributed by atoms with Crippen molar-refractivity contribution in [3.63, 3.8) is 0 Å². The molecule has 2 N–H and O–H groups in total. The number of aromatic nitrogens is 1. The van der Waals surface area contributed by atoms with Gasteiger partial charge >= 0.3 is 0 Å². The molecule has 0 unspecified atom stereocenters. The molecule has 0 fully saturated rings. The Morgan fingerprint density at radius 1 is 1.05 bits per heavy atom. The number of aryl methyl sites for hydroxylation is 1. The van der Waals surface area contributed by atoms with Gasteiger partial charge in [-0.3, -0.25) is 0 Å². The Bertz CT molecular complexity index is 701. The van der Waals surface area contributed by atoms with Gasteiger partial charge in [-0.25, -0.2) is 4.39 Å². The van der Waals surface area contributed by atoms with Gasteiger partial charge in [-0.15, -0.1) is 0 Å². The molecular formula is C17H17FN2. The molecular weight excluding hydrogens is 251 g/mol. The quantitative estimate of drug-likeness (QED) is 0.766. The van der Waals surface area contributed by atoms with E-state index >= 15 is 0 Å². The average Bonchev–Trinajstić information content (AvgIpc) is 2.81. The Labute approximate surface area is 117 Å². The number of para-hydroxylation sites is 1. The number of fused-ring (bicyclic) bond motifs is 1. The molecule has 2 nitrogen and oxygen atoms in total. The van der Waals surface area contributed by atoms with Crippen molar-refractivity contribution in [1.82, 2.24) is 4.57 Å². The minimum Gasteiger partial charge on any atom is -0.340 e. The van der Waals surface area contributed by atoms with Crippen molar-refractivity contribution >= 4 is 10.9 Å². The molecule has 0 saturated heterocycles. The van der Waals surface area contributed by atoms with E-state index in [1.54, 1.807) is 0 Å². The zero-order chi connectivity index (χ0) is 14.1. The summed E-state index contributed by atoms with van der Waals surface area (Å²) in [4.78, 5) is 0. The lowest BCUT2D eigenvalue weighted by Gasteiger charge is -2.10. The first-order chi connectivity index (χ1) is 9.76. The van der Waals surface area contributed by atoms with E-state index in [9.17, 15) is 4.39 Å². The first kappa shape index (κ1) is 12.9. The van der Waals surface area contributed by atoms with Gasteiger partial charge in [0.05, 0.1) is 5.69 Å². The van der Waals surface area contributed by atoms with Gasteiger partial charge in [0.2, 0.25) is 0 Å². The normalized spacial score (nSPS) is 11.2. The summed E-state index contributed by atoms with van der Waals surface area (Å²) >= 11 is 0. The van der Waals surface area contributed by atoms with Crippen LogP contribution in [0.5, 0.6) is 0 Å². The molecule has 0 saturated carbocycles. The Morgan fingerprint density at radius 3 is 2.40 bits per heavy atom. The number of nitrogens with zero attached hydrogens (tertiary/aromatic N) is 1. The van der Waals surface area contributed by atoms with Gasteiger partial charge < -0.3 is 10.3 Å². The summed E-state index contributed by atoms with van der Waals surface area (Å²) in [6, 6.07) is 14.9. The van der Waals surface area contributed by atoms with E-state index in [-0.39, 0.29) is 5.82 Å². The van der Waals surface area contributed by atoms with Crippen molar-refractivity contribution in [3.8, 4) is 11.3 Å². The van der Waals surface area contributed by atoms with Crippen molar-refractivity contribution in [2.24, 2.45) is 5.73 Å². The van der Waals surface area contributed by atoms with Gasteiger partial charge in [0.1, 0.15) is 5.82 Å². The third-order valence-electron chi connectivity index (χ3n) is 3.71. The van der Waals surface area contributed by atoms with Crippen LogP contribution in [0.3, 0.4) is 0 Å². The van der Waals surface area contributed by atoms with E-state index in [1.807, 2.05) is 24.3 Å². The highest BCUT2D eigenvalue weighted by Gasteiger charge is 2.16. The second-order valence-corrected chi connectivity index (χ2v) is 4.80. The van der Waals surface area contributed by atoms with Crippen LogP contribution in [-0.2, 0) is 13.1 Å². The SMILES string of the molecule is CCn1c(-c2ccc(F)cc2)c(CN)c2ccccc21. The van der Waals surface area contributed by atoms with Crippen LogP contribution < -0.4 is 5.73 Å². The Balaban J connectivity index is 2.35. The number of hydrogen-bond acceptors (Lipinski definition) is 1. The first-order valence-electron chi connectivity index (χ1n) is 6.82. The molecule has 0 amide bonds. The molecule has 20 heavy (non-hydrogen) atoms. The number of rotatable bonds is 3. The first-order valence-corrected chi connectivity index (χ1v) is 6.82. The molecule has 0 aliphatic heterocycles. The molecule has 0 radical (unpaired) electrons. The molecule has 2 aromatic carbocycles. The van der Waals surface area contributed by atoms with E-state index < -0.39 is 0 Å². The highest BCUT2D eigenvalue weighted by Crippen LogP contribution is 2.33. The second-order valence-electron chi connectivity index (χ2n) is 4.80. The zero-order valence-corrected chi connectivity index (χ0v) is 11.4. The van der Waals surface area contributed by atoms with E-state index in [2.05, 4.69) is 23.6 Å². The summed E-state index contributed by atoms with van der Waals surface area (Å²) in [6.45, 7) is 3.44. The summed E-state index contributed by atoms with van der Waals surface area (Å²) in [5.41, 5.74) is 10.4. The van der Waals surface area contributed by atoms with Gasteiger partial charge in [-0.05, 0) is 48.4 Å². The summed E-state index contributed by atoms with van der Waals surface area (Å²) in [6.07, 6.45) is 0. The molecule has 0 aliphatic carbocycles.